The number of nitrogens with one attached hydrogen (secondary N) is 1. The van der Waals surface area contributed by atoms with Gasteiger partial charge in [0.25, 0.3) is 5.91 Å². The van der Waals surface area contributed by atoms with Crippen LogP contribution in [-0.2, 0) is 9.59 Å². The van der Waals surface area contributed by atoms with Crippen LogP contribution in [0.2, 0.25) is 0 Å². The van der Waals surface area contributed by atoms with Gasteiger partial charge < -0.3 is 19.7 Å². The van der Waals surface area contributed by atoms with Gasteiger partial charge in [-0.05, 0) is 25.8 Å². The van der Waals surface area contributed by atoms with Crippen molar-refractivity contribution in [3.05, 3.63) is 24.2 Å². The second-order valence-corrected chi connectivity index (χ2v) is 4.80. The molecule has 0 aliphatic heterocycles. The van der Waals surface area contributed by atoms with Crippen LogP contribution in [-0.4, -0.2) is 46.4 Å². The number of amides is 2. The molecular formula is C13H16N2O5. The minimum atomic E-state index is -1.06. The number of carbonyl (C=O) groups is 3. The maximum atomic E-state index is 12.2. The Labute approximate surface area is 115 Å². The number of aliphatic carboxylic acids is 1. The molecule has 20 heavy (non-hydrogen) atoms. The standard InChI is InChI=1S/C13H16N2O5/c1-8(14-12(18)9-4-5-20-7-9)13(19)15(6-11(16)17)10-2-3-10/h4-5,7-8,10H,2-3,6H2,1H3,(H,14,18)(H,16,17). The predicted molar refractivity (Wildman–Crippen MR) is 68.0 cm³/mol. The number of carbonyl (C=O) groups excluding carboxylic acids is 2. The van der Waals surface area contributed by atoms with E-state index in [1.165, 1.54) is 30.4 Å². The Kier molecular flexibility index (Phi) is 4.07. The van der Waals surface area contributed by atoms with Crippen molar-refractivity contribution in [1.82, 2.24) is 10.2 Å². The molecule has 1 saturated carbocycles. The molecule has 0 radical (unpaired) electrons. The lowest BCUT2D eigenvalue weighted by Gasteiger charge is -2.24. The van der Waals surface area contributed by atoms with E-state index in [1.807, 2.05) is 0 Å². The van der Waals surface area contributed by atoms with Gasteiger partial charge in [-0.3, -0.25) is 14.4 Å². The predicted octanol–water partition coefficient (Wildman–Crippen LogP) is 0.473. The normalized spacial score (nSPS) is 15.4. The zero-order valence-corrected chi connectivity index (χ0v) is 11.0. The average Bonchev–Trinajstić information content (AvgIpc) is 3.08. The first-order valence-corrected chi connectivity index (χ1v) is 6.34. The van der Waals surface area contributed by atoms with Crippen LogP contribution < -0.4 is 5.32 Å². The highest BCUT2D eigenvalue weighted by Crippen LogP contribution is 2.27. The zero-order chi connectivity index (χ0) is 14.7. The monoisotopic (exact) mass is 280 g/mol. The molecule has 1 atom stereocenters. The lowest BCUT2D eigenvalue weighted by Crippen LogP contribution is -2.49. The van der Waals surface area contributed by atoms with Gasteiger partial charge in [0.15, 0.2) is 0 Å². The van der Waals surface area contributed by atoms with Crippen LogP contribution in [0, 0.1) is 0 Å². The minimum Gasteiger partial charge on any atom is -0.480 e. The molecule has 2 rings (SSSR count). The molecule has 2 N–H and O–H groups in total. The van der Waals surface area contributed by atoms with Gasteiger partial charge in [-0.1, -0.05) is 0 Å². The van der Waals surface area contributed by atoms with Crippen molar-refractivity contribution in [3.8, 4) is 0 Å². The van der Waals surface area contributed by atoms with Crippen LogP contribution in [0.15, 0.2) is 23.0 Å². The van der Waals surface area contributed by atoms with Crippen molar-refractivity contribution >= 4 is 17.8 Å². The second kappa shape index (κ2) is 5.77. The molecule has 1 aromatic heterocycles. The van der Waals surface area contributed by atoms with Crippen LogP contribution >= 0.6 is 0 Å². The van der Waals surface area contributed by atoms with E-state index in [4.69, 9.17) is 9.52 Å². The fourth-order valence-electron chi connectivity index (χ4n) is 1.90. The van der Waals surface area contributed by atoms with Crippen molar-refractivity contribution in [3.63, 3.8) is 0 Å². The van der Waals surface area contributed by atoms with E-state index >= 15 is 0 Å². The van der Waals surface area contributed by atoms with Gasteiger partial charge in [0.2, 0.25) is 5.91 Å². The van der Waals surface area contributed by atoms with E-state index in [9.17, 15) is 14.4 Å². The van der Waals surface area contributed by atoms with Gasteiger partial charge in [0.05, 0.1) is 11.8 Å². The van der Waals surface area contributed by atoms with E-state index in [2.05, 4.69) is 5.32 Å². The quantitative estimate of drug-likeness (QED) is 0.789. The first-order chi connectivity index (χ1) is 9.49. The maximum Gasteiger partial charge on any atom is 0.323 e. The third kappa shape index (κ3) is 3.37. The second-order valence-electron chi connectivity index (χ2n) is 4.80. The van der Waals surface area contributed by atoms with Gasteiger partial charge in [0.1, 0.15) is 18.8 Å². The summed E-state index contributed by atoms with van der Waals surface area (Å²) in [6, 6.07) is 0.687. The molecule has 1 fully saturated rings. The zero-order valence-electron chi connectivity index (χ0n) is 11.0. The summed E-state index contributed by atoms with van der Waals surface area (Å²) in [7, 11) is 0. The van der Waals surface area contributed by atoms with Crippen molar-refractivity contribution in [2.24, 2.45) is 0 Å². The molecule has 0 spiro atoms. The first kappa shape index (κ1) is 14.1. The van der Waals surface area contributed by atoms with Crippen LogP contribution in [0.4, 0.5) is 0 Å². The Balaban J connectivity index is 1.96. The van der Waals surface area contributed by atoms with Crippen LogP contribution in [0.1, 0.15) is 30.1 Å². The van der Waals surface area contributed by atoms with E-state index in [-0.39, 0.29) is 18.5 Å². The average molecular weight is 280 g/mol. The van der Waals surface area contributed by atoms with Crippen molar-refractivity contribution in [1.29, 1.82) is 0 Å². The molecule has 1 aromatic rings. The number of carboxylic acids is 1. The number of hydrogen-bond acceptors (Lipinski definition) is 4. The lowest BCUT2D eigenvalue weighted by molar-refractivity contribution is -0.145. The largest absolute Gasteiger partial charge is 0.480 e. The van der Waals surface area contributed by atoms with E-state index in [0.717, 1.165) is 12.8 Å². The molecule has 108 valence electrons. The SMILES string of the molecule is CC(NC(=O)c1ccoc1)C(=O)N(CC(=O)O)C1CC1. The summed E-state index contributed by atoms with van der Waals surface area (Å²) in [6.45, 7) is 1.20. The molecule has 7 heteroatoms. The molecule has 2 amide bonds. The summed E-state index contributed by atoms with van der Waals surface area (Å²) >= 11 is 0. The number of rotatable bonds is 6. The minimum absolute atomic E-state index is 0.0214. The molecule has 0 saturated heterocycles. The number of furan rings is 1. The van der Waals surface area contributed by atoms with E-state index in [0.29, 0.717) is 5.56 Å². The summed E-state index contributed by atoms with van der Waals surface area (Å²) in [6.07, 6.45) is 4.26. The topological polar surface area (TPSA) is 99.9 Å². The Hall–Kier alpha value is -2.31. The van der Waals surface area contributed by atoms with Gasteiger partial charge in [0, 0.05) is 6.04 Å². The molecule has 0 bridgehead atoms. The molecule has 1 heterocycles. The molecule has 7 nitrogen and oxygen atoms in total. The molecular weight excluding hydrogens is 264 g/mol. The Morgan fingerprint density at radius 3 is 2.70 bits per heavy atom. The first-order valence-electron chi connectivity index (χ1n) is 6.34. The number of hydrogen-bond donors (Lipinski definition) is 2. The van der Waals surface area contributed by atoms with Crippen molar-refractivity contribution in [2.75, 3.05) is 6.54 Å². The van der Waals surface area contributed by atoms with Gasteiger partial charge in [-0.2, -0.15) is 0 Å². The van der Waals surface area contributed by atoms with Crippen LogP contribution in [0.25, 0.3) is 0 Å². The highest BCUT2D eigenvalue weighted by atomic mass is 16.4. The van der Waals surface area contributed by atoms with Crippen LogP contribution in [0.5, 0.6) is 0 Å². The maximum absolute atomic E-state index is 12.2. The Morgan fingerprint density at radius 1 is 1.50 bits per heavy atom. The summed E-state index contributed by atoms with van der Waals surface area (Å²) in [5, 5.41) is 11.4. The summed E-state index contributed by atoms with van der Waals surface area (Å²) in [4.78, 5) is 36.1. The third-order valence-corrected chi connectivity index (χ3v) is 3.08. The molecule has 1 aliphatic rings. The van der Waals surface area contributed by atoms with Gasteiger partial charge in [-0.15, -0.1) is 0 Å². The lowest BCUT2D eigenvalue weighted by atomic mass is 10.2. The number of nitrogens with zero attached hydrogens (tertiary/aromatic N) is 1. The smallest absolute Gasteiger partial charge is 0.323 e. The highest BCUT2D eigenvalue weighted by molar-refractivity contribution is 5.97. The third-order valence-electron chi connectivity index (χ3n) is 3.08. The summed E-state index contributed by atoms with van der Waals surface area (Å²) < 4.78 is 4.79. The van der Waals surface area contributed by atoms with Crippen molar-refractivity contribution < 1.29 is 23.9 Å². The van der Waals surface area contributed by atoms with Gasteiger partial charge in [-0.25, -0.2) is 0 Å². The Bertz CT molecular complexity index is 507. The van der Waals surface area contributed by atoms with Crippen molar-refractivity contribution in [2.45, 2.75) is 31.8 Å². The molecule has 1 unspecified atom stereocenters. The van der Waals surface area contributed by atoms with Crippen LogP contribution in [0.3, 0.4) is 0 Å². The summed E-state index contributed by atoms with van der Waals surface area (Å²) in [5.41, 5.74) is 0.320. The fourth-order valence-corrected chi connectivity index (χ4v) is 1.90. The Morgan fingerprint density at radius 2 is 2.20 bits per heavy atom. The van der Waals surface area contributed by atoms with E-state index in [1.54, 1.807) is 0 Å². The summed E-state index contributed by atoms with van der Waals surface area (Å²) in [5.74, 6) is -1.86. The molecule has 0 aromatic carbocycles. The molecule has 1 aliphatic carbocycles. The van der Waals surface area contributed by atoms with E-state index < -0.39 is 17.9 Å². The highest BCUT2D eigenvalue weighted by Gasteiger charge is 2.36. The van der Waals surface area contributed by atoms with Gasteiger partial charge >= 0.3 is 5.97 Å². The fraction of sp³-hybridized carbons (Fsp3) is 0.462. The number of carboxylic acid groups (broad SMARTS) is 1.